The van der Waals surface area contributed by atoms with E-state index in [-0.39, 0.29) is 5.82 Å². The number of halogens is 1. The SMILES string of the molecule is CCCCCCCc1nnc(-c2ccc(F)cc2)s1. The topological polar surface area (TPSA) is 25.8 Å². The Morgan fingerprint density at radius 3 is 2.47 bits per heavy atom. The Labute approximate surface area is 117 Å². The van der Waals surface area contributed by atoms with Gasteiger partial charge in [0.1, 0.15) is 15.8 Å². The number of nitrogens with zero attached hydrogens (tertiary/aromatic N) is 2. The highest BCUT2D eigenvalue weighted by molar-refractivity contribution is 7.14. The van der Waals surface area contributed by atoms with Crippen LogP contribution in [-0.2, 0) is 6.42 Å². The molecule has 0 atom stereocenters. The summed E-state index contributed by atoms with van der Waals surface area (Å²) in [5.41, 5.74) is 0.941. The van der Waals surface area contributed by atoms with E-state index in [4.69, 9.17) is 0 Å². The molecule has 0 unspecified atom stereocenters. The third kappa shape index (κ3) is 4.39. The smallest absolute Gasteiger partial charge is 0.147 e. The summed E-state index contributed by atoms with van der Waals surface area (Å²) in [6.45, 7) is 2.22. The third-order valence-corrected chi connectivity index (χ3v) is 4.08. The molecule has 0 aliphatic carbocycles. The van der Waals surface area contributed by atoms with Gasteiger partial charge in [0, 0.05) is 12.0 Å². The Kier molecular flexibility index (Phi) is 5.45. The minimum absolute atomic E-state index is 0.218. The monoisotopic (exact) mass is 278 g/mol. The van der Waals surface area contributed by atoms with E-state index in [1.54, 1.807) is 23.5 Å². The average Bonchev–Trinajstić information content (AvgIpc) is 2.88. The number of unbranched alkanes of at least 4 members (excludes halogenated alkanes) is 4. The van der Waals surface area contributed by atoms with E-state index in [0.717, 1.165) is 22.0 Å². The number of rotatable bonds is 7. The normalized spacial score (nSPS) is 10.8. The molecule has 2 aromatic rings. The first-order valence-electron chi connectivity index (χ1n) is 6.88. The van der Waals surface area contributed by atoms with Gasteiger partial charge in [-0.05, 0) is 30.7 Å². The van der Waals surface area contributed by atoms with Crippen LogP contribution in [0, 0.1) is 5.82 Å². The summed E-state index contributed by atoms with van der Waals surface area (Å²) in [4.78, 5) is 0. The van der Waals surface area contributed by atoms with Gasteiger partial charge in [0.2, 0.25) is 0 Å². The zero-order chi connectivity index (χ0) is 13.5. The summed E-state index contributed by atoms with van der Waals surface area (Å²) < 4.78 is 12.8. The number of hydrogen-bond donors (Lipinski definition) is 0. The molecule has 0 aliphatic heterocycles. The molecule has 1 heterocycles. The van der Waals surface area contributed by atoms with Crippen LogP contribution in [0.25, 0.3) is 10.6 Å². The van der Waals surface area contributed by atoms with Gasteiger partial charge >= 0.3 is 0 Å². The van der Waals surface area contributed by atoms with E-state index in [9.17, 15) is 4.39 Å². The van der Waals surface area contributed by atoms with Crippen molar-refractivity contribution in [1.82, 2.24) is 10.2 Å². The Balaban J connectivity index is 1.86. The first-order chi connectivity index (χ1) is 9.29. The van der Waals surface area contributed by atoms with Gasteiger partial charge < -0.3 is 0 Å². The van der Waals surface area contributed by atoms with Gasteiger partial charge in [0.15, 0.2) is 0 Å². The molecule has 0 amide bonds. The highest BCUT2D eigenvalue weighted by Crippen LogP contribution is 2.24. The molecule has 0 fully saturated rings. The minimum atomic E-state index is -0.218. The molecule has 0 saturated carbocycles. The molecule has 0 radical (unpaired) electrons. The van der Waals surface area contributed by atoms with Crippen LogP contribution in [-0.4, -0.2) is 10.2 Å². The largest absolute Gasteiger partial charge is 0.207 e. The fourth-order valence-electron chi connectivity index (χ4n) is 1.94. The number of benzene rings is 1. The molecule has 1 aromatic heterocycles. The lowest BCUT2D eigenvalue weighted by Gasteiger charge is -1.96. The zero-order valence-corrected chi connectivity index (χ0v) is 12.0. The number of aromatic nitrogens is 2. The molecule has 0 saturated heterocycles. The lowest BCUT2D eigenvalue weighted by Crippen LogP contribution is -1.85. The van der Waals surface area contributed by atoms with Crippen molar-refractivity contribution in [3.8, 4) is 10.6 Å². The van der Waals surface area contributed by atoms with Crippen LogP contribution in [0.2, 0.25) is 0 Å². The van der Waals surface area contributed by atoms with Crippen molar-refractivity contribution >= 4 is 11.3 Å². The Morgan fingerprint density at radius 2 is 1.74 bits per heavy atom. The van der Waals surface area contributed by atoms with Crippen LogP contribution in [0.1, 0.15) is 44.0 Å². The number of aryl methyl sites for hydroxylation is 1. The summed E-state index contributed by atoms with van der Waals surface area (Å²) >= 11 is 1.61. The molecule has 0 N–H and O–H groups in total. The van der Waals surface area contributed by atoms with Crippen LogP contribution in [0.5, 0.6) is 0 Å². The average molecular weight is 278 g/mol. The van der Waals surface area contributed by atoms with Crippen molar-refractivity contribution in [1.29, 1.82) is 0 Å². The molecule has 1 aromatic carbocycles. The van der Waals surface area contributed by atoms with Crippen molar-refractivity contribution in [2.24, 2.45) is 0 Å². The third-order valence-electron chi connectivity index (χ3n) is 3.05. The summed E-state index contributed by atoms with van der Waals surface area (Å²) in [7, 11) is 0. The molecule has 19 heavy (non-hydrogen) atoms. The molecule has 2 rings (SSSR count). The van der Waals surface area contributed by atoms with Crippen molar-refractivity contribution in [2.45, 2.75) is 45.4 Å². The lowest BCUT2D eigenvalue weighted by atomic mass is 10.1. The number of hydrogen-bond acceptors (Lipinski definition) is 3. The summed E-state index contributed by atoms with van der Waals surface area (Å²) in [6.07, 6.45) is 7.34. The van der Waals surface area contributed by atoms with E-state index < -0.39 is 0 Å². The Bertz CT molecular complexity index is 493. The predicted molar refractivity (Wildman–Crippen MR) is 77.8 cm³/mol. The van der Waals surface area contributed by atoms with E-state index in [1.807, 2.05) is 0 Å². The molecule has 0 spiro atoms. The maximum absolute atomic E-state index is 12.8. The van der Waals surface area contributed by atoms with Crippen LogP contribution < -0.4 is 0 Å². The van der Waals surface area contributed by atoms with Crippen LogP contribution in [0.4, 0.5) is 4.39 Å². The van der Waals surface area contributed by atoms with E-state index >= 15 is 0 Å². The molecule has 102 valence electrons. The molecular weight excluding hydrogens is 259 g/mol. The van der Waals surface area contributed by atoms with Gasteiger partial charge in [0.05, 0.1) is 0 Å². The van der Waals surface area contributed by atoms with E-state index in [1.165, 1.54) is 44.2 Å². The minimum Gasteiger partial charge on any atom is -0.207 e. The van der Waals surface area contributed by atoms with Gasteiger partial charge in [-0.2, -0.15) is 0 Å². The first-order valence-corrected chi connectivity index (χ1v) is 7.69. The van der Waals surface area contributed by atoms with Crippen LogP contribution >= 0.6 is 11.3 Å². The summed E-state index contributed by atoms with van der Waals surface area (Å²) in [5.74, 6) is -0.218. The second-order valence-corrected chi connectivity index (χ2v) is 5.73. The standard InChI is InChI=1S/C15H19FN2S/c1-2-3-4-5-6-7-14-17-18-15(19-14)12-8-10-13(16)11-9-12/h8-11H,2-7H2,1H3. The molecule has 0 bridgehead atoms. The van der Waals surface area contributed by atoms with Crippen molar-refractivity contribution in [2.75, 3.05) is 0 Å². The predicted octanol–water partition coefficient (Wildman–Crippen LogP) is 4.86. The van der Waals surface area contributed by atoms with Gasteiger partial charge in [-0.25, -0.2) is 4.39 Å². The summed E-state index contributed by atoms with van der Waals surface area (Å²) in [6, 6.07) is 6.42. The molecule has 0 aliphatic rings. The summed E-state index contributed by atoms with van der Waals surface area (Å²) in [5, 5.41) is 10.3. The van der Waals surface area contributed by atoms with Crippen molar-refractivity contribution < 1.29 is 4.39 Å². The van der Waals surface area contributed by atoms with Gasteiger partial charge in [0.25, 0.3) is 0 Å². The first kappa shape index (κ1) is 14.1. The van der Waals surface area contributed by atoms with Gasteiger partial charge in [-0.3, -0.25) is 0 Å². The van der Waals surface area contributed by atoms with E-state index in [2.05, 4.69) is 17.1 Å². The highest BCUT2D eigenvalue weighted by atomic mass is 32.1. The highest BCUT2D eigenvalue weighted by Gasteiger charge is 2.06. The lowest BCUT2D eigenvalue weighted by molar-refractivity contribution is 0.628. The Morgan fingerprint density at radius 1 is 1.00 bits per heavy atom. The zero-order valence-electron chi connectivity index (χ0n) is 11.2. The quantitative estimate of drug-likeness (QED) is 0.676. The maximum Gasteiger partial charge on any atom is 0.147 e. The van der Waals surface area contributed by atoms with Gasteiger partial charge in [-0.15, -0.1) is 10.2 Å². The second-order valence-electron chi connectivity index (χ2n) is 4.67. The molecule has 4 heteroatoms. The van der Waals surface area contributed by atoms with Crippen molar-refractivity contribution in [3.63, 3.8) is 0 Å². The van der Waals surface area contributed by atoms with Gasteiger partial charge in [-0.1, -0.05) is 43.9 Å². The van der Waals surface area contributed by atoms with E-state index in [0.29, 0.717) is 0 Å². The molecular formula is C15H19FN2S. The molecule has 2 nitrogen and oxygen atoms in total. The van der Waals surface area contributed by atoms with Crippen molar-refractivity contribution in [3.05, 3.63) is 35.1 Å². The Hall–Kier alpha value is -1.29. The maximum atomic E-state index is 12.8. The fourth-order valence-corrected chi connectivity index (χ4v) is 2.83. The van der Waals surface area contributed by atoms with Crippen LogP contribution in [0.3, 0.4) is 0 Å². The van der Waals surface area contributed by atoms with Crippen LogP contribution in [0.15, 0.2) is 24.3 Å². The fraction of sp³-hybridized carbons (Fsp3) is 0.467. The second kappa shape index (κ2) is 7.34.